The second-order valence-corrected chi connectivity index (χ2v) is 7.01. The van der Waals surface area contributed by atoms with Gasteiger partial charge in [0.25, 0.3) is 0 Å². The molecular weight excluding hydrogens is 360 g/mol. The number of aryl methyl sites for hydroxylation is 1. The lowest BCUT2D eigenvalue weighted by Gasteiger charge is -2.09. The average molecular weight is 380 g/mol. The Morgan fingerprint density at radius 3 is 2.33 bits per heavy atom. The van der Waals surface area contributed by atoms with E-state index in [-0.39, 0.29) is 6.61 Å². The normalized spacial score (nSPS) is 10.4. The predicted octanol–water partition coefficient (Wildman–Crippen LogP) is 5.54. The van der Waals surface area contributed by atoms with Gasteiger partial charge in [0, 0.05) is 10.6 Å². The first-order valence-corrected chi connectivity index (χ1v) is 9.48. The van der Waals surface area contributed by atoms with E-state index >= 15 is 0 Å². The number of para-hydroxylation sites is 1. The lowest BCUT2D eigenvalue weighted by atomic mass is 10.2. The van der Waals surface area contributed by atoms with E-state index in [1.807, 2.05) is 67.6 Å². The fraction of sp³-hybridized carbons (Fsp3) is 0.136. The summed E-state index contributed by atoms with van der Waals surface area (Å²) in [6, 6.07) is 23.5. The van der Waals surface area contributed by atoms with Gasteiger partial charge in [-0.15, -0.1) is 11.8 Å². The van der Waals surface area contributed by atoms with E-state index < -0.39 is 5.97 Å². The Kier molecular flexibility index (Phi) is 6.39. The first-order chi connectivity index (χ1) is 13.1. The highest BCUT2D eigenvalue weighted by Crippen LogP contribution is 2.29. The van der Waals surface area contributed by atoms with Crippen LogP contribution >= 0.6 is 11.8 Å². The summed E-state index contributed by atoms with van der Waals surface area (Å²) in [4.78, 5) is 11.7. The third kappa shape index (κ3) is 5.79. The van der Waals surface area contributed by atoms with Crippen LogP contribution in [0.4, 0.5) is 0 Å². The number of rotatable bonds is 8. The summed E-state index contributed by atoms with van der Waals surface area (Å²) in [5.41, 5.74) is 2.12. The maximum atomic E-state index is 10.6. The highest BCUT2D eigenvalue weighted by Gasteiger charge is 2.05. The first kappa shape index (κ1) is 18.9. The smallest absolute Gasteiger partial charge is 0.341 e. The van der Waals surface area contributed by atoms with Gasteiger partial charge >= 0.3 is 5.97 Å². The number of carboxylic acid groups (broad SMARTS) is 1. The monoisotopic (exact) mass is 380 g/mol. The Hall–Kier alpha value is -2.92. The van der Waals surface area contributed by atoms with Crippen molar-refractivity contribution < 1.29 is 19.4 Å². The topological polar surface area (TPSA) is 55.8 Å². The molecule has 138 valence electrons. The molecule has 0 aromatic heterocycles. The Morgan fingerprint density at radius 1 is 0.963 bits per heavy atom. The molecule has 3 rings (SSSR count). The summed E-state index contributed by atoms with van der Waals surface area (Å²) >= 11 is 1.72. The van der Waals surface area contributed by atoms with Crippen LogP contribution in [0.25, 0.3) is 0 Å². The van der Waals surface area contributed by atoms with Crippen molar-refractivity contribution in [3.8, 4) is 17.2 Å². The molecule has 27 heavy (non-hydrogen) atoms. The van der Waals surface area contributed by atoms with Gasteiger partial charge in [0.2, 0.25) is 0 Å². The molecule has 4 nitrogen and oxygen atoms in total. The van der Waals surface area contributed by atoms with Crippen LogP contribution in [0.1, 0.15) is 11.1 Å². The zero-order valence-electron chi connectivity index (χ0n) is 14.9. The molecule has 0 spiro atoms. The van der Waals surface area contributed by atoms with Crippen LogP contribution in [0, 0.1) is 6.92 Å². The minimum atomic E-state index is -0.979. The minimum absolute atomic E-state index is 0.329. The van der Waals surface area contributed by atoms with Crippen molar-refractivity contribution in [1.29, 1.82) is 0 Å². The van der Waals surface area contributed by atoms with Crippen molar-refractivity contribution >= 4 is 17.7 Å². The van der Waals surface area contributed by atoms with E-state index in [4.69, 9.17) is 14.6 Å². The van der Waals surface area contributed by atoms with Crippen molar-refractivity contribution in [2.45, 2.75) is 17.6 Å². The van der Waals surface area contributed by atoms with Crippen molar-refractivity contribution in [3.05, 3.63) is 83.9 Å². The molecule has 0 radical (unpaired) electrons. The highest BCUT2D eigenvalue weighted by molar-refractivity contribution is 7.98. The molecule has 0 saturated heterocycles. The SMILES string of the molecule is Cc1cc(SCc2ccc(Oc3ccccc3)cc2)ccc1OCC(=O)O. The van der Waals surface area contributed by atoms with Crippen molar-refractivity contribution in [3.63, 3.8) is 0 Å². The third-order valence-electron chi connectivity index (χ3n) is 3.81. The predicted molar refractivity (Wildman–Crippen MR) is 107 cm³/mol. The largest absolute Gasteiger partial charge is 0.482 e. The van der Waals surface area contributed by atoms with Gasteiger partial charge in [-0.25, -0.2) is 4.79 Å². The molecule has 0 unspecified atom stereocenters. The fourth-order valence-electron chi connectivity index (χ4n) is 2.46. The summed E-state index contributed by atoms with van der Waals surface area (Å²) in [6.07, 6.45) is 0. The van der Waals surface area contributed by atoms with Crippen LogP contribution in [0.3, 0.4) is 0 Å². The zero-order chi connectivity index (χ0) is 19.1. The van der Waals surface area contributed by atoms with Gasteiger partial charge in [0.15, 0.2) is 6.61 Å². The van der Waals surface area contributed by atoms with Crippen LogP contribution in [0.2, 0.25) is 0 Å². The van der Waals surface area contributed by atoms with E-state index in [1.165, 1.54) is 5.56 Å². The molecule has 0 saturated carbocycles. The molecule has 0 aliphatic heterocycles. The van der Waals surface area contributed by atoms with Crippen LogP contribution in [0.15, 0.2) is 77.7 Å². The molecule has 0 bridgehead atoms. The maximum Gasteiger partial charge on any atom is 0.341 e. The van der Waals surface area contributed by atoms with Crippen molar-refractivity contribution in [2.75, 3.05) is 6.61 Å². The molecule has 0 aliphatic rings. The van der Waals surface area contributed by atoms with Gasteiger partial charge in [0.05, 0.1) is 0 Å². The van der Waals surface area contributed by atoms with Gasteiger partial charge in [-0.3, -0.25) is 0 Å². The number of hydrogen-bond acceptors (Lipinski definition) is 4. The minimum Gasteiger partial charge on any atom is -0.482 e. The zero-order valence-corrected chi connectivity index (χ0v) is 15.7. The number of ether oxygens (including phenoxy) is 2. The number of aliphatic carboxylic acids is 1. The Balaban J connectivity index is 1.55. The fourth-order valence-corrected chi connectivity index (χ4v) is 3.41. The molecule has 0 heterocycles. The van der Waals surface area contributed by atoms with E-state index in [0.717, 1.165) is 27.7 Å². The standard InChI is InChI=1S/C22H20O4S/c1-16-13-20(11-12-21(16)25-14-22(23)24)27-15-17-7-9-19(10-8-17)26-18-5-3-2-4-6-18/h2-13H,14-15H2,1H3,(H,23,24). The van der Waals surface area contributed by atoms with Gasteiger partial charge in [-0.1, -0.05) is 30.3 Å². The molecule has 0 atom stereocenters. The second-order valence-electron chi connectivity index (χ2n) is 5.96. The number of thioether (sulfide) groups is 1. The number of benzene rings is 3. The van der Waals surface area contributed by atoms with Crippen LogP contribution in [-0.4, -0.2) is 17.7 Å². The Bertz CT molecular complexity index is 892. The number of carboxylic acids is 1. The van der Waals surface area contributed by atoms with Gasteiger partial charge < -0.3 is 14.6 Å². The maximum absolute atomic E-state index is 10.6. The molecule has 3 aromatic rings. The average Bonchev–Trinajstić information content (AvgIpc) is 2.67. The van der Waals surface area contributed by atoms with E-state index in [0.29, 0.717) is 5.75 Å². The quantitative estimate of drug-likeness (QED) is 0.520. The molecule has 5 heteroatoms. The Labute approximate surface area is 162 Å². The summed E-state index contributed by atoms with van der Waals surface area (Å²) in [5, 5.41) is 8.69. The molecule has 0 aliphatic carbocycles. The van der Waals surface area contributed by atoms with E-state index in [2.05, 4.69) is 12.1 Å². The second kappa shape index (κ2) is 9.14. The Morgan fingerprint density at radius 2 is 1.67 bits per heavy atom. The number of hydrogen-bond donors (Lipinski definition) is 1. The molecule has 0 amide bonds. The van der Waals surface area contributed by atoms with E-state index in [1.54, 1.807) is 11.8 Å². The highest BCUT2D eigenvalue weighted by atomic mass is 32.2. The lowest BCUT2D eigenvalue weighted by Crippen LogP contribution is -2.09. The van der Waals surface area contributed by atoms with Gasteiger partial charge in [-0.2, -0.15) is 0 Å². The summed E-state index contributed by atoms with van der Waals surface area (Å²) in [6.45, 7) is 1.59. The van der Waals surface area contributed by atoms with Gasteiger partial charge in [0.1, 0.15) is 17.2 Å². The summed E-state index contributed by atoms with van der Waals surface area (Å²) in [5.74, 6) is 2.09. The van der Waals surface area contributed by atoms with Crippen LogP contribution < -0.4 is 9.47 Å². The summed E-state index contributed by atoms with van der Waals surface area (Å²) in [7, 11) is 0. The first-order valence-electron chi connectivity index (χ1n) is 8.50. The van der Waals surface area contributed by atoms with Crippen molar-refractivity contribution in [2.24, 2.45) is 0 Å². The van der Waals surface area contributed by atoms with Crippen molar-refractivity contribution in [1.82, 2.24) is 0 Å². The van der Waals surface area contributed by atoms with Gasteiger partial charge in [-0.05, 0) is 60.5 Å². The molecule has 3 aromatic carbocycles. The lowest BCUT2D eigenvalue weighted by molar-refractivity contribution is -0.139. The third-order valence-corrected chi connectivity index (χ3v) is 4.87. The van der Waals surface area contributed by atoms with E-state index in [9.17, 15) is 4.79 Å². The van der Waals surface area contributed by atoms with Crippen LogP contribution in [-0.2, 0) is 10.5 Å². The van der Waals surface area contributed by atoms with Crippen LogP contribution in [0.5, 0.6) is 17.2 Å². The summed E-state index contributed by atoms with van der Waals surface area (Å²) < 4.78 is 11.1. The number of carbonyl (C=O) groups is 1. The molecule has 0 fully saturated rings. The molecule has 1 N–H and O–H groups in total. The molecular formula is C22H20O4S.